The van der Waals surface area contributed by atoms with Crippen molar-refractivity contribution in [2.24, 2.45) is 0 Å². The molecule has 2 nitrogen and oxygen atoms in total. The molecule has 1 aromatic carbocycles. The maximum Gasteiger partial charge on any atom is 0.123 e. The van der Waals surface area contributed by atoms with Gasteiger partial charge in [0.15, 0.2) is 0 Å². The molecule has 1 aliphatic carbocycles. The van der Waals surface area contributed by atoms with E-state index < -0.39 is 0 Å². The van der Waals surface area contributed by atoms with Crippen molar-refractivity contribution in [3.05, 3.63) is 58.7 Å². The number of aryl methyl sites for hydroxylation is 1. The van der Waals surface area contributed by atoms with Gasteiger partial charge in [-0.25, -0.2) is 4.39 Å². The Labute approximate surface area is 131 Å². The molecule has 2 aromatic rings. The van der Waals surface area contributed by atoms with Crippen molar-refractivity contribution in [3.8, 4) is 0 Å². The summed E-state index contributed by atoms with van der Waals surface area (Å²) in [4.78, 5) is 2.40. The number of halogens is 1. The first-order valence-electron chi connectivity index (χ1n) is 8.26. The number of nitrogens with zero attached hydrogens (tertiary/aromatic N) is 2. The summed E-state index contributed by atoms with van der Waals surface area (Å²) in [5, 5.41) is 0. The molecule has 0 saturated heterocycles. The molecule has 1 fully saturated rings. The normalized spacial score (nSPS) is 24.9. The third kappa shape index (κ3) is 2.19. The molecule has 0 N–H and O–H groups in total. The standard InChI is InChI=1S/C19H23FN2/c1-13-11-22(19-9-10-21(2)12-17(13)19)18-8-7-16(18)14-3-5-15(20)6-4-14/h3-6,11,16,18H,7-10,12H2,1-2H3. The number of aromatic nitrogens is 1. The van der Waals surface area contributed by atoms with Gasteiger partial charge in [-0.2, -0.15) is 0 Å². The lowest BCUT2D eigenvalue weighted by Gasteiger charge is -2.40. The second kappa shape index (κ2) is 5.24. The highest BCUT2D eigenvalue weighted by Crippen LogP contribution is 2.47. The molecule has 0 spiro atoms. The molecule has 3 heteroatoms. The van der Waals surface area contributed by atoms with Crippen molar-refractivity contribution in [2.45, 2.75) is 44.7 Å². The number of fused-ring (bicyclic) bond motifs is 1. The fourth-order valence-corrected chi connectivity index (χ4v) is 4.10. The minimum absolute atomic E-state index is 0.142. The summed E-state index contributed by atoms with van der Waals surface area (Å²) >= 11 is 0. The van der Waals surface area contributed by atoms with Crippen LogP contribution >= 0.6 is 0 Å². The van der Waals surface area contributed by atoms with E-state index in [2.05, 4.69) is 29.6 Å². The van der Waals surface area contributed by atoms with Crippen LogP contribution in [0.3, 0.4) is 0 Å². The Morgan fingerprint density at radius 2 is 1.91 bits per heavy atom. The number of rotatable bonds is 2. The van der Waals surface area contributed by atoms with Crippen LogP contribution in [0.5, 0.6) is 0 Å². The molecule has 2 aliphatic rings. The Bertz CT molecular complexity index is 686. The molecule has 1 saturated carbocycles. The Hall–Kier alpha value is -1.61. The molecule has 1 aromatic heterocycles. The first-order valence-corrected chi connectivity index (χ1v) is 8.26. The molecule has 2 unspecified atom stereocenters. The van der Waals surface area contributed by atoms with E-state index in [9.17, 15) is 4.39 Å². The summed E-state index contributed by atoms with van der Waals surface area (Å²) in [5.41, 5.74) is 5.77. The molecule has 0 radical (unpaired) electrons. The average Bonchev–Trinajstić information content (AvgIpc) is 2.77. The highest BCUT2D eigenvalue weighted by Gasteiger charge is 2.35. The summed E-state index contributed by atoms with van der Waals surface area (Å²) in [6.07, 6.45) is 5.94. The van der Waals surface area contributed by atoms with E-state index in [0.717, 1.165) is 19.5 Å². The first-order chi connectivity index (χ1) is 10.6. The van der Waals surface area contributed by atoms with Gasteiger partial charge in [0.25, 0.3) is 0 Å². The van der Waals surface area contributed by atoms with Crippen LogP contribution in [0.4, 0.5) is 4.39 Å². The first kappa shape index (κ1) is 14.0. The summed E-state index contributed by atoms with van der Waals surface area (Å²) in [6.45, 7) is 4.45. The van der Waals surface area contributed by atoms with Gasteiger partial charge in [-0.05, 0) is 55.6 Å². The zero-order chi connectivity index (χ0) is 15.3. The van der Waals surface area contributed by atoms with Gasteiger partial charge in [-0.3, -0.25) is 0 Å². The van der Waals surface area contributed by atoms with Crippen molar-refractivity contribution in [1.29, 1.82) is 0 Å². The lowest BCUT2D eigenvalue weighted by molar-refractivity contribution is 0.242. The molecule has 0 amide bonds. The molecule has 116 valence electrons. The second-order valence-corrected chi connectivity index (χ2v) is 6.94. The van der Waals surface area contributed by atoms with Crippen LogP contribution in [0.15, 0.2) is 30.5 Å². The second-order valence-electron chi connectivity index (χ2n) is 6.94. The van der Waals surface area contributed by atoms with Crippen LogP contribution in [0.2, 0.25) is 0 Å². The number of hydrogen-bond donors (Lipinski definition) is 0. The molecule has 0 bridgehead atoms. The van der Waals surface area contributed by atoms with Gasteiger partial charge in [0, 0.05) is 43.4 Å². The van der Waals surface area contributed by atoms with E-state index in [1.807, 2.05) is 12.1 Å². The molecule has 4 rings (SSSR count). The lowest BCUT2D eigenvalue weighted by Crippen LogP contribution is -2.32. The van der Waals surface area contributed by atoms with E-state index in [1.54, 1.807) is 12.1 Å². The highest BCUT2D eigenvalue weighted by atomic mass is 19.1. The van der Waals surface area contributed by atoms with Crippen molar-refractivity contribution < 1.29 is 4.39 Å². The zero-order valence-corrected chi connectivity index (χ0v) is 13.3. The van der Waals surface area contributed by atoms with E-state index >= 15 is 0 Å². The molecule has 22 heavy (non-hydrogen) atoms. The number of likely N-dealkylation sites (N-methyl/N-ethyl adjacent to an activating group) is 1. The van der Waals surface area contributed by atoms with Crippen LogP contribution in [0.1, 0.15) is 47.2 Å². The van der Waals surface area contributed by atoms with Crippen LogP contribution in [0, 0.1) is 12.7 Å². The molecule has 2 atom stereocenters. The van der Waals surface area contributed by atoms with Crippen LogP contribution < -0.4 is 0 Å². The quantitative estimate of drug-likeness (QED) is 0.812. The lowest BCUT2D eigenvalue weighted by atomic mass is 9.74. The van der Waals surface area contributed by atoms with Gasteiger partial charge in [-0.1, -0.05) is 12.1 Å². The van der Waals surface area contributed by atoms with Gasteiger partial charge in [0.05, 0.1) is 0 Å². The van der Waals surface area contributed by atoms with Gasteiger partial charge in [0.2, 0.25) is 0 Å². The SMILES string of the molecule is Cc1cn(C2CCC2c2ccc(F)cc2)c2c1CN(C)CC2. The summed E-state index contributed by atoms with van der Waals surface area (Å²) in [6, 6.07) is 7.66. The van der Waals surface area contributed by atoms with E-state index in [0.29, 0.717) is 12.0 Å². The maximum absolute atomic E-state index is 13.1. The predicted molar refractivity (Wildman–Crippen MR) is 86.6 cm³/mol. The van der Waals surface area contributed by atoms with E-state index in [4.69, 9.17) is 0 Å². The van der Waals surface area contributed by atoms with Crippen molar-refractivity contribution >= 4 is 0 Å². The largest absolute Gasteiger partial charge is 0.347 e. The van der Waals surface area contributed by atoms with E-state index in [1.165, 1.54) is 35.2 Å². The fraction of sp³-hybridized carbons (Fsp3) is 0.474. The Balaban J connectivity index is 1.65. The third-order valence-corrected chi connectivity index (χ3v) is 5.52. The Kier molecular flexibility index (Phi) is 3.33. The smallest absolute Gasteiger partial charge is 0.123 e. The zero-order valence-electron chi connectivity index (χ0n) is 13.3. The highest BCUT2D eigenvalue weighted by molar-refractivity contribution is 5.35. The van der Waals surface area contributed by atoms with Crippen LogP contribution in [-0.2, 0) is 13.0 Å². The van der Waals surface area contributed by atoms with Crippen molar-refractivity contribution in [3.63, 3.8) is 0 Å². The Morgan fingerprint density at radius 3 is 2.59 bits per heavy atom. The maximum atomic E-state index is 13.1. The summed E-state index contributed by atoms with van der Waals surface area (Å²) < 4.78 is 15.7. The molecule has 2 heterocycles. The van der Waals surface area contributed by atoms with E-state index in [-0.39, 0.29) is 5.82 Å². The third-order valence-electron chi connectivity index (χ3n) is 5.52. The van der Waals surface area contributed by atoms with Gasteiger partial charge in [0.1, 0.15) is 5.82 Å². The summed E-state index contributed by atoms with van der Waals surface area (Å²) in [7, 11) is 2.20. The minimum Gasteiger partial charge on any atom is -0.347 e. The van der Waals surface area contributed by atoms with Crippen molar-refractivity contribution in [2.75, 3.05) is 13.6 Å². The van der Waals surface area contributed by atoms with Crippen molar-refractivity contribution in [1.82, 2.24) is 9.47 Å². The number of hydrogen-bond acceptors (Lipinski definition) is 1. The average molecular weight is 298 g/mol. The topological polar surface area (TPSA) is 8.17 Å². The van der Waals surface area contributed by atoms with Crippen LogP contribution in [0.25, 0.3) is 0 Å². The van der Waals surface area contributed by atoms with Gasteiger partial charge >= 0.3 is 0 Å². The molecule has 1 aliphatic heterocycles. The molecular weight excluding hydrogens is 275 g/mol. The molecular formula is C19H23FN2. The minimum atomic E-state index is -0.142. The monoisotopic (exact) mass is 298 g/mol. The Morgan fingerprint density at radius 1 is 1.14 bits per heavy atom. The summed E-state index contributed by atoms with van der Waals surface area (Å²) in [5.74, 6) is 0.396. The predicted octanol–water partition coefficient (Wildman–Crippen LogP) is 4.04. The fourth-order valence-electron chi connectivity index (χ4n) is 4.10. The number of benzene rings is 1. The van der Waals surface area contributed by atoms with Gasteiger partial charge in [-0.15, -0.1) is 0 Å². The van der Waals surface area contributed by atoms with Gasteiger partial charge < -0.3 is 9.47 Å². The van der Waals surface area contributed by atoms with Crippen LogP contribution in [-0.4, -0.2) is 23.1 Å².